The molecule has 0 spiro atoms. The maximum Gasteiger partial charge on any atom is 0.330 e. The van der Waals surface area contributed by atoms with Gasteiger partial charge in [-0.15, -0.1) is 0 Å². The summed E-state index contributed by atoms with van der Waals surface area (Å²) >= 11 is 0. The average Bonchev–Trinajstić information content (AvgIpc) is 3.16. The Morgan fingerprint density at radius 2 is 1.62 bits per heavy atom. The van der Waals surface area contributed by atoms with Gasteiger partial charge in [-0.25, -0.2) is 4.79 Å². The van der Waals surface area contributed by atoms with Gasteiger partial charge in [-0.2, -0.15) is 0 Å². The third kappa shape index (κ3) is 5.27. The highest BCUT2D eigenvalue weighted by Crippen LogP contribution is 2.49. The van der Waals surface area contributed by atoms with Crippen LogP contribution in [-0.2, 0) is 19.1 Å². The maximum absolute atomic E-state index is 14.0. The van der Waals surface area contributed by atoms with Gasteiger partial charge >= 0.3 is 5.97 Å². The van der Waals surface area contributed by atoms with Crippen molar-refractivity contribution in [3.05, 3.63) is 46.0 Å². The molecule has 34 heavy (non-hydrogen) atoms. The fraction of sp³-hybridized carbons (Fsp3) is 0.692. The first-order valence-electron chi connectivity index (χ1n) is 12.2. The van der Waals surface area contributed by atoms with E-state index in [2.05, 4.69) is 0 Å². The monoisotopic (exact) mass is 474 g/mol. The lowest BCUT2D eigenvalue weighted by Crippen LogP contribution is -2.54. The Hall–Kier alpha value is -2.48. The number of methoxy groups -OCH3 is 1. The van der Waals surface area contributed by atoms with Gasteiger partial charge in [-0.05, 0) is 53.0 Å². The third-order valence-electron chi connectivity index (χ3n) is 7.20. The second-order valence-corrected chi connectivity index (χ2v) is 11.0. The third-order valence-corrected chi connectivity index (χ3v) is 7.20. The highest BCUT2D eigenvalue weighted by atomic mass is 16.6. The van der Waals surface area contributed by atoms with Gasteiger partial charge in [-0.3, -0.25) is 14.9 Å². The van der Waals surface area contributed by atoms with Crippen LogP contribution in [0.2, 0.25) is 0 Å². The van der Waals surface area contributed by atoms with Crippen LogP contribution in [0, 0.1) is 22.0 Å². The van der Waals surface area contributed by atoms with Crippen molar-refractivity contribution in [2.45, 2.75) is 96.1 Å². The normalized spacial score (nSPS) is 26.4. The smallest absolute Gasteiger partial charge is 0.330 e. The van der Waals surface area contributed by atoms with Gasteiger partial charge in [-0.1, -0.05) is 49.6 Å². The second-order valence-electron chi connectivity index (χ2n) is 11.0. The zero-order valence-corrected chi connectivity index (χ0v) is 21.2. The minimum atomic E-state index is -1.23. The van der Waals surface area contributed by atoms with Gasteiger partial charge in [0.05, 0.1) is 11.5 Å². The van der Waals surface area contributed by atoms with Gasteiger partial charge in [0.1, 0.15) is 17.7 Å². The van der Waals surface area contributed by atoms with Crippen molar-refractivity contribution >= 4 is 11.9 Å². The van der Waals surface area contributed by atoms with Crippen LogP contribution in [0.15, 0.2) is 30.3 Å². The molecular weight excluding hydrogens is 436 g/mol. The summed E-state index contributed by atoms with van der Waals surface area (Å²) in [5, 5.41) is 12.6. The van der Waals surface area contributed by atoms with Crippen LogP contribution in [0.25, 0.3) is 0 Å². The highest BCUT2D eigenvalue weighted by molar-refractivity contribution is 5.88. The van der Waals surface area contributed by atoms with Crippen LogP contribution in [0.1, 0.15) is 78.3 Å². The van der Waals surface area contributed by atoms with Crippen molar-refractivity contribution in [1.29, 1.82) is 0 Å². The molecule has 2 aliphatic rings. The van der Waals surface area contributed by atoms with E-state index in [1.54, 1.807) is 58.9 Å². The summed E-state index contributed by atoms with van der Waals surface area (Å²) in [7, 11) is 1.48. The minimum Gasteiger partial charge on any atom is -0.458 e. The molecule has 1 amide bonds. The van der Waals surface area contributed by atoms with Crippen molar-refractivity contribution < 1.29 is 24.0 Å². The molecule has 8 nitrogen and oxygen atoms in total. The average molecular weight is 475 g/mol. The number of nitro groups is 1. The predicted octanol–water partition coefficient (Wildman–Crippen LogP) is 4.55. The molecule has 0 radical (unpaired) electrons. The molecule has 3 rings (SSSR count). The van der Waals surface area contributed by atoms with Crippen molar-refractivity contribution in [3.63, 3.8) is 0 Å². The number of esters is 1. The van der Waals surface area contributed by atoms with E-state index in [-0.39, 0.29) is 16.7 Å². The zero-order chi connectivity index (χ0) is 25.3. The molecule has 0 aromatic heterocycles. The molecule has 4 atom stereocenters. The molecule has 1 aliphatic heterocycles. The van der Waals surface area contributed by atoms with Gasteiger partial charge in [0, 0.05) is 18.0 Å². The van der Waals surface area contributed by atoms with Gasteiger partial charge in [0.25, 0.3) is 0 Å². The molecular formula is C26H38N2O6. The molecule has 0 unspecified atom stereocenters. The van der Waals surface area contributed by atoms with E-state index in [4.69, 9.17) is 9.47 Å². The first-order chi connectivity index (χ1) is 15.9. The highest BCUT2D eigenvalue weighted by Gasteiger charge is 2.66. The van der Waals surface area contributed by atoms with E-state index in [0.717, 1.165) is 32.1 Å². The number of carbonyl (C=O) groups excluding carboxylic acids is 2. The quantitative estimate of drug-likeness (QED) is 0.341. The number of rotatable bonds is 6. The minimum absolute atomic E-state index is 0.203. The molecule has 1 saturated carbocycles. The number of carbonyl (C=O) groups is 2. The number of likely N-dealkylation sites (tertiary alicyclic amines) is 1. The summed E-state index contributed by atoms with van der Waals surface area (Å²) in [6.07, 6.45) is 4.38. The Labute approximate surface area is 202 Å². The van der Waals surface area contributed by atoms with Gasteiger partial charge < -0.3 is 14.4 Å². The van der Waals surface area contributed by atoms with Crippen LogP contribution < -0.4 is 0 Å². The van der Waals surface area contributed by atoms with E-state index in [0.29, 0.717) is 5.56 Å². The molecule has 1 heterocycles. The Morgan fingerprint density at radius 1 is 1.03 bits per heavy atom. The lowest BCUT2D eigenvalue weighted by molar-refractivity contribution is -0.537. The van der Waals surface area contributed by atoms with Gasteiger partial charge in [0.2, 0.25) is 11.9 Å². The molecule has 0 N–H and O–H groups in total. The number of hydrogen-bond donors (Lipinski definition) is 0. The Balaban J connectivity index is 2.22. The number of nitrogens with zero attached hydrogens (tertiary/aromatic N) is 2. The molecule has 8 heteroatoms. The standard InChI is InChI=1S/C26H38N2O6/c1-25(2,3)34-24(30)22-19(26(4,5)33-6)21(28(31)32)20(17-13-9-7-10-14-17)27(22)23(29)18-15-11-8-12-16-18/h7,9-10,13-14,18-22H,8,11-12,15-16H2,1-6H3/t19-,20-,21-,22-/m1/s1. The first-order valence-corrected chi connectivity index (χ1v) is 12.2. The topological polar surface area (TPSA) is 99.0 Å². The van der Waals surface area contributed by atoms with Crippen LogP contribution in [0.3, 0.4) is 0 Å². The van der Waals surface area contributed by atoms with Crippen LogP contribution in [0.4, 0.5) is 0 Å². The number of ether oxygens (including phenoxy) is 2. The summed E-state index contributed by atoms with van der Waals surface area (Å²) in [6, 6.07) is 5.73. The fourth-order valence-corrected chi connectivity index (χ4v) is 5.53. The fourth-order valence-electron chi connectivity index (χ4n) is 5.53. The molecule has 0 bridgehead atoms. The second kappa shape index (κ2) is 10.0. The van der Waals surface area contributed by atoms with Crippen molar-refractivity contribution in [3.8, 4) is 0 Å². The van der Waals surface area contributed by atoms with E-state index in [1.165, 1.54) is 12.0 Å². The largest absolute Gasteiger partial charge is 0.458 e. The molecule has 188 valence electrons. The van der Waals surface area contributed by atoms with Crippen LogP contribution in [-0.4, -0.2) is 52.1 Å². The lowest BCUT2D eigenvalue weighted by atomic mass is 9.79. The zero-order valence-electron chi connectivity index (χ0n) is 21.2. The Kier molecular flexibility index (Phi) is 7.70. The van der Waals surface area contributed by atoms with E-state index < -0.39 is 41.2 Å². The van der Waals surface area contributed by atoms with Crippen LogP contribution in [0.5, 0.6) is 0 Å². The van der Waals surface area contributed by atoms with Crippen LogP contribution >= 0.6 is 0 Å². The summed E-state index contributed by atoms with van der Waals surface area (Å²) in [6.45, 7) is 8.74. The molecule has 1 aromatic rings. The molecule has 2 fully saturated rings. The Morgan fingerprint density at radius 3 is 2.12 bits per heavy atom. The van der Waals surface area contributed by atoms with Crippen molar-refractivity contribution in [1.82, 2.24) is 4.90 Å². The number of hydrogen-bond acceptors (Lipinski definition) is 6. The lowest BCUT2D eigenvalue weighted by Gasteiger charge is -2.37. The number of benzene rings is 1. The number of amides is 1. The maximum atomic E-state index is 14.0. The van der Waals surface area contributed by atoms with Crippen molar-refractivity contribution in [2.24, 2.45) is 11.8 Å². The SMILES string of the molecule is COC(C)(C)[C@@H]1[C@@H]([N+](=O)[O-])[C@@H](c2ccccc2)N(C(=O)C2CCCCC2)[C@H]1C(=O)OC(C)(C)C. The summed E-state index contributed by atoms with van der Waals surface area (Å²) in [4.78, 5) is 41.5. The molecule has 1 aliphatic carbocycles. The predicted molar refractivity (Wildman–Crippen MR) is 128 cm³/mol. The summed E-state index contributed by atoms with van der Waals surface area (Å²) < 4.78 is 11.5. The Bertz CT molecular complexity index is 888. The van der Waals surface area contributed by atoms with E-state index in [9.17, 15) is 19.7 Å². The van der Waals surface area contributed by atoms with E-state index in [1.807, 2.05) is 6.07 Å². The summed E-state index contributed by atoms with van der Waals surface area (Å²) in [5.41, 5.74) is -1.24. The summed E-state index contributed by atoms with van der Waals surface area (Å²) in [5.74, 6) is -2.00. The van der Waals surface area contributed by atoms with E-state index >= 15 is 0 Å². The molecule has 1 aromatic carbocycles. The molecule has 1 saturated heterocycles. The van der Waals surface area contributed by atoms with Crippen molar-refractivity contribution in [2.75, 3.05) is 7.11 Å². The van der Waals surface area contributed by atoms with Gasteiger partial charge in [0.15, 0.2) is 0 Å². The first kappa shape index (κ1) is 26.1.